The summed E-state index contributed by atoms with van der Waals surface area (Å²) in [7, 11) is 0. The number of thioether (sulfide) groups is 1. The van der Waals surface area contributed by atoms with E-state index in [1.807, 2.05) is 17.8 Å². The molecule has 3 rings (SSSR count). The van der Waals surface area contributed by atoms with Crippen molar-refractivity contribution in [1.82, 2.24) is 9.97 Å². The van der Waals surface area contributed by atoms with Crippen LogP contribution in [0.1, 0.15) is 94.7 Å². The summed E-state index contributed by atoms with van der Waals surface area (Å²) in [5, 5.41) is 9.81. The molecule has 1 aromatic heterocycles. The Morgan fingerprint density at radius 2 is 1.56 bits per heavy atom. The summed E-state index contributed by atoms with van der Waals surface area (Å²) in [5.74, 6) is 1.02. The van der Waals surface area contributed by atoms with Gasteiger partial charge in [0.2, 0.25) is 0 Å². The molecule has 0 spiro atoms. The molecule has 0 aliphatic carbocycles. The molecule has 194 valence electrons. The Hall–Kier alpha value is -2.53. The molecule has 36 heavy (non-hydrogen) atoms. The van der Waals surface area contributed by atoms with Crippen LogP contribution in [0.5, 0.6) is 0 Å². The highest BCUT2D eigenvalue weighted by molar-refractivity contribution is 7.99. The molecule has 0 aliphatic rings. The number of rotatable bonds is 18. The Labute approximate surface area is 221 Å². The van der Waals surface area contributed by atoms with Gasteiger partial charge >= 0.3 is 5.97 Å². The first-order valence-corrected chi connectivity index (χ1v) is 14.7. The number of benzene rings is 2. The van der Waals surface area contributed by atoms with Crippen molar-refractivity contribution in [3.05, 3.63) is 71.9 Å². The van der Waals surface area contributed by atoms with Crippen molar-refractivity contribution in [3.63, 3.8) is 0 Å². The minimum absolute atomic E-state index is 0.282. The van der Waals surface area contributed by atoms with Crippen molar-refractivity contribution in [2.24, 2.45) is 0 Å². The van der Waals surface area contributed by atoms with Gasteiger partial charge in [-0.05, 0) is 50.0 Å². The van der Waals surface area contributed by atoms with E-state index in [4.69, 9.17) is 10.1 Å². The van der Waals surface area contributed by atoms with Gasteiger partial charge in [-0.2, -0.15) is 0 Å². The number of carboxylic acid groups (broad SMARTS) is 1. The Morgan fingerprint density at radius 1 is 0.889 bits per heavy atom. The Balaban J connectivity index is 1.52. The fourth-order valence-corrected chi connectivity index (χ4v) is 5.59. The maximum atomic E-state index is 10.7. The Bertz CT molecular complexity index is 1000. The Kier molecular flexibility index (Phi) is 12.7. The highest BCUT2D eigenvalue weighted by Gasteiger charge is 2.14. The van der Waals surface area contributed by atoms with Crippen molar-refractivity contribution in [1.29, 1.82) is 0 Å². The third-order valence-corrected chi connectivity index (χ3v) is 7.69. The number of nitrogens with zero attached hydrogens (tertiary/aromatic N) is 1. The lowest BCUT2D eigenvalue weighted by Crippen LogP contribution is -2.00. The van der Waals surface area contributed by atoms with E-state index in [-0.39, 0.29) is 6.42 Å². The van der Waals surface area contributed by atoms with Gasteiger partial charge in [-0.15, -0.1) is 0 Å². The number of aliphatic carboxylic acids is 1. The zero-order valence-electron chi connectivity index (χ0n) is 21.8. The number of aryl methyl sites for hydroxylation is 1. The van der Waals surface area contributed by atoms with Gasteiger partial charge in [-0.25, -0.2) is 4.98 Å². The predicted molar refractivity (Wildman–Crippen MR) is 152 cm³/mol. The van der Waals surface area contributed by atoms with E-state index in [1.165, 1.54) is 48.9 Å². The normalized spacial score (nSPS) is 12.0. The van der Waals surface area contributed by atoms with E-state index in [0.717, 1.165) is 55.1 Å². The predicted octanol–water partition coefficient (Wildman–Crippen LogP) is 8.89. The molecular weight excluding hydrogens is 464 g/mol. The van der Waals surface area contributed by atoms with Crippen molar-refractivity contribution < 1.29 is 9.90 Å². The van der Waals surface area contributed by atoms with Crippen LogP contribution in [-0.4, -0.2) is 26.8 Å². The number of carboxylic acids is 1. The van der Waals surface area contributed by atoms with Crippen LogP contribution in [0.15, 0.2) is 65.8 Å². The van der Waals surface area contributed by atoms with Crippen LogP contribution >= 0.6 is 11.8 Å². The zero-order chi connectivity index (χ0) is 25.4. The standard InChI is InChI=1S/C31H42N2O2S/c1-2-3-16-25(26-17-9-7-10-18-26)21-15-24-36-31-32-28(22-13-5-4-6-14-23-29(34)35)30(33-31)27-19-11-8-12-20-27/h7-12,17-20,25H,2-6,13-16,21-24H2,1H3,(H,32,33)(H,34,35). The maximum absolute atomic E-state index is 10.7. The van der Waals surface area contributed by atoms with Crippen molar-refractivity contribution in [2.75, 3.05) is 5.75 Å². The van der Waals surface area contributed by atoms with Gasteiger partial charge in [0.25, 0.3) is 0 Å². The fourth-order valence-electron chi connectivity index (χ4n) is 4.73. The third kappa shape index (κ3) is 9.85. The van der Waals surface area contributed by atoms with E-state index < -0.39 is 5.97 Å². The second-order valence-electron chi connectivity index (χ2n) is 9.64. The number of unbranched alkanes of at least 4 members (excludes halogenated alkanes) is 5. The first-order chi connectivity index (χ1) is 17.7. The van der Waals surface area contributed by atoms with Gasteiger partial charge in [-0.1, -0.05) is 111 Å². The van der Waals surface area contributed by atoms with Gasteiger partial charge in [0.15, 0.2) is 5.16 Å². The van der Waals surface area contributed by atoms with Crippen LogP contribution in [0.2, 0.25) is 0 Å². The molecule has 0 saturated heterocycles. The fraction of sp³-hybridized carbons (Fsp3) is 0.484. The number of carbonyl (C=O) groups is 1. The van der Waals surface area contributed by atoms with Crippen LogP contribution in [0.4, 0.5) is 0 Å². The summed E-state index contributed by atoms with van der Waals surface area (Å²) < 4.78 is 0. The molecule has 0 fully saturated rings. The number of H-pyrrole nitrogens is 1. The second-order valence-corrected chi connectivity index (χ2v) is 10.7. The van der Waals surface area contributed by atoms with E-state index in [0.29, 0.717) is 5.92 Å². The molecule has 0 saturated carbocycles. The number of hydrogen-bond acceptors (Lipinski definition) is 3. The monoisotopic (exact) mass is 506 g/mol. The minimum Gasteiger partial charge on any atom is -0.481 e. The number of nitrogens with one attached hydrogen (secondary N) is 1. The summed E-state index contributed by atoms with van der Waals surface area (Å²) in [4.78, 5) is 19.3. The lowest BCUT2D eigenvalue weighted by molar-refractivity contribution is -0.137. The first kappa shape index (κ1) is 28.0. The summed E-state index contributed by atoms with van der Waals surface area (Å²) >= 11 is 1.84. The average molecular weight is 507 g/mol. The molecule has 4 nitrogen and oxygen atoms in total. The number of imidazole rings is 1. The minimum atomic E-state index is -0.693. The molecule has 1 atom stereocenters. The highest BCUT2D eigenvalue weighted by Crippen LogP contribution is 2.30. The van der Waals surface area contributed by atoms with Gasteiger partial charge in [0, 0.05) is 23.4 Å². The molecule has 1 heterocycles. The van der Waals surface area contributed by atoms with Crippen LogP contribution in [0, 0.1) is 0 Å². The number of aromatic amines is 1. The van der Waals surface area contributed by atoms with Crippen molar-refractivity contribution in [3.8, 4) is 11.3 Å². The molecule has 0 radical (unpaired) electrons. The average Bonchev–Trinajstić information content (AvgIpc) is 3.31. The number of hydrogen-bond donors (Lipinski definition) is 2. The van der Waals surface area contributed by atoms with Crippen LogP contribution in [-0.2, 0) is 11.2 Å². The smallest absolute Gasteiger partial charge is 0.303 e. The quantitative estimate of drug-likeness (QED) is 0.133. The van der Waals surface area contributed by atoms with E-state index in [1.54, 1.807) is 0 Å². The summed E-state index contributed by atoms with van der Waals surface area (Å²) in [6, 6.07) is 21.5. The topological polar surface area (TPSA) is 66.0 Å². The Morgan fingerprint density at radius 3 is 2.28 bits per heavy atom. The van der Waals surface area contributed by atoms with Crippen LogP contribution < -0.4 is 0 Å². The van der Waals surface area contributed by atoms with E-state index in [9.17, 15) is 4.79 Å². The molecule has 2 N–H and O–H groups in total. The van der Waals surface area contributed by atoms with Gasteiger partial charge in [-0.3, -0.25) is 4.79 Å². The molecule has 0 amide bonds. The lowest BCUT2D eigenvalue weighted by atomic mass is 9.90. The molecule has 0 bridgehead atoms. The third-order valence-electron chi connectivity index (χ3n) is 6.73. The second kappa shape index (κ2) is 16.3. The zero-order valence-corrected chi connectivity index (χ0v) is 22.6. The molecular formula is C31H42N2O2S. The van der Waals surface area contributed by atoms with Crippen molar-refractivity contribution in [2.45, 2.75) is 95.0 Å². The summed E-state index contributed by atoms with van der Waals surface area (Å²) in [5.41, 5.74) is 4.94. The molecule has 3 aromatic rings. The molecule has 2 aromatic carbocycles. The summed E-state index contributed by atoms with van der Waals surface area (Å²) in [6.45, 7) is 2.27. The maximum Gasteiger partial charge on any atom is 0.303 e. The molecule has 1 unspecified atom stereocenters. The van der Waals surface area contributed by atoms with Gasteiger partial charge in [0.05, 0.1) is 5.69 Å². The summed E-state index contributed by atoms with van der Waals surface area (Å²) in [6.07, 6.45) is 12.5. The lowest BCUT2D eigenvalue weighted by Gasteiger charge is -2.16. The van der Waals surface area contributed by atoms with Crippen molar-refractivity contribution >= 4 is 17.7 Å². The van der Waals surface area contributed by atoms with E-state index >= 15 is 0 Å². The number of aromatic nitrogens is 2. The molecule has 5 heteroatoms. The highest BCUT2D eigenvalue weighted by atomic mass is 32.2. The van der Waals surface area contributed by atoms with Crippen LogP contribution in [0.25, 0.3) is 11.3 Å². The van der Waals surface area contributed by atoms with Crippen LogP contribution in [0.3, 0.4) is 0 Å². The van der Waals surface area contributed by atoms with Gasteiger partial charge < -0.3 is 10.1 Å². The van der Waals surface area contributed by atoms with E-state index in [2.05, 4.69) is 66.5 Å². The SMILES string of the molecule is CCCCC(CCCSc1nc(-c2ccccc2)c(CCCCCCCC(=O)O)[nH]1)c1ccccc1. The largest absolute Gasteiger partial charge is 0.481 e. The molecule has 0 aliphatic heterocycles. The van der Waals surface area contributed by atoms with Gasteiger partial charge in [0.1, 0.15) is 0 Å². The first-order valence-electron chi connectivity index (χ1n) is 13.7.